The van der Waals surface area contributed by atoms with Gasteiger partial charge in [0.2, 0.25) is 0 Å². The first kappa shape index (κ1) is 8.20. The predicted molar refractivity (Wildman–Crippen MR) is 46.0 cm³/mol. The molecule has 0 radical (unpaired) electrons. The molecule has 0 aliphatic carbocycles. The lowest BCUT2D eigenvalue weighted by atomic mass is 10.3. The van der Waals surface area contributed by atoms with Crippen molar-refractivity contribution in [2.75, 3.05) is 6.54 Å². The molecule has 0 bridgehead atoms. The third-order valence-corrected chi connectivity index (χ3v) is 2.93. The normalized spacial score (nSPS) is 13.5. The van der Waals surface area contributed by atoms with E-state index in [0.29, 0.717) is 0 Å². The Balaban J connectivity index is 2.74. The van der Waals surface area contributed by atoms with Crippen LogP contribution in [0.3, 0.4) is 0 Å². The molecule has 0 unspecified atom stereocenters. The summed E-state index contributed by atoms with van der Waals surface area (Å²) in [6.45, 7) is 0.285. The monoisotopic (exact) mass is 221 g/mol. The van der Waals surface area contributed by atoms with Crippen LogP contribution in [-0.4, -0.2) is 11.7 Å². The van der Waals surface area contributed by atoms with Crippen LogP contribution in [0.2, 0.25) is 0 Å². The van der Waals surface area contributed by atoms with Gasteiger partial charge in [-0.2, -0.15) is 0 Å². The molecule has 1 atom stereocenters. The van der Waals surface area contributed by atoms with Gasteiger partial charge in [0, 0.05) is 21.3 Å². The van der Waals surface area contributed by atoms with Crippen molar-refractivity contribution in [1.82, 2.24) is 0 Å². The van der Waals surface area contributed by atoms with E-state index in [9.17, 15) is 5.11 Å². The predicted octanol–water partition coefficient (Wildman–Crippen LogP) is 1.50. The minimum absolute atomic E-state index is 0.285. The summed E-state index contributed by atoms with van der Waals surface area (Å²) in [5, 5.41) is 11.1. The Bertz CT molecular complexity index is 213. The summed E-state index contributed by atoms with van der Waals surface area (Å²) in [4.78, 5) is 0.911. The van der Waals surface area contributed by atoms with E-state index in [1.54, 1.807) is 0 Å². The number of thiophene rings is 1. The summed E-state index contributed by atoms with van der Waals surface area (Å²) in [6, 6.07) is 1.88. The van der Waals surface area contributed by atoms with Gasteiger partial charge in [0.05, 0.1) is 0 Å². The first-order valence-corrected chi connectivity index (χ1v) is 4.53. The molecule has 0 aromatic carbocycles. The molecule has 0 aliphatic heterocycles. The largest absolute Gasteiger partial charge is 0.386 e. The van der Waals surface area contributed by atoms with Crippen molar-refractivity contribution in [3.05, 3.63) is 20.8 Å². The minimum atomic E-state index is -0.503. The van der Waals surface area contributed by atoms with Gasteiger partial charge in [-0.05, 0) is 22.0 Å². The fraction of sp³-hybridized carbons (Fsp3) is 0.333. The van der Waals surface area contributed by atoms with E-state index in [4.69, 9.17) is 5.73 Å². The van der Waals surface area contributed by atoms with Crippen LogP contribution in [0.1, 0.15) is 11.0 Å². The average molecular weight is 222 g/mol. The Kier molecular flexibility index (Phi) is 2.85. The Morgan fingerprint density at radius 3 is 2.90 bits per heavy atom. The molecule has 56 valence electrons. The van der Waals surface area contributed by atoms with Gasteiger partial charge in [0.15, 0.2) is 0 Å². The Hall–Kier alpha value is 0.1000. The summed E-state index contributed by atoms with van der Waals surface area (Å²) in [7, 11) is 0. The Morgan fingerprint density at radius 1 is 1.80 bits per heavy atom. The second kappa shape index (κ2) is 3.48. The molecule has 0 fully saturated rings. The van der Waals surface area contributed by atoms with Gasteiger partial charge in [0.25, 0.3) is 0 Å². The van der Waals surface area contributed by atoms with Crippen molar-refractivity contribution in [3.8, 4) is 0 Å². The van der Waals surface area contributed by atoms with E-state index in [1.807, 2.05) is 11.4 Å². The highest BCUT2D eigenvalue weighted by atomic mass is 79.9. The second-order valence-corrected chi connectivity index (χ2v) is 3.78. The maximum atomic E-state index is 9.21. The molecule has 3 N–H and O–H groups in total. The molecule has 1 rings (SSSR count). The smallest absolute Gasteiger partial charge is 0.100 e. The lowest BCUT2D eigenvalue weighted by Crippen LogP contribution is -2.09. The SMILES string of the molecule is NC[C@H](O)c1cc(Br)cs1. The summed E-state index contributed by atoms with van der Waals surface area (Å²) >= 11 is 4.79. The number of halogens is 1. The van der Waals surface area contributed by atoms with Crippen LogP contribution in [0.25, 0.3) is 0 Å². The Morgan fingerprint density at radius 2 is 2.50 bits per heavy atom. The van der Waals surface area contributed by atoms with Crippen LogP contribution in [0, 0.1) is 0 Å². The van der Waals surface area contributed by atoms with Gasteiger partial charge in [-0.3, -0.25) is 0 Å². The van der Waals surface area contributed by atoms with E-state index in [-0.39, 0.29) is 6.54 Å². The van der Waals surface area contributed by atoms with E-state index in [2.05, 4.69) is 15.9 Å². The molecule has 0 spiro atoms. The van der Waals surface area contributed by atoms with Crippen LogP contribution in [0.15, 0.2) is 15.9 Å². The molecule has 1 aromatic heterocycles. The maximum absolute atomic E-state index is 9.21. The number of aliphatic hydroxyl groups excluding tert-OH is 1. The highest BCUT2D eigenvalue weighted by molar-refractivity contribution is 9.10. The number of nitrogens with two attached hydrogens (primary N) is 1. The van der Waals surface area contributed by atoms with Gasteiger partial charge in [-0.1, -0.05) is 0 Å². The quantitative estimate of drug-likeness (QED) is 0.796. The molecule has 1 aromatic rings. The van der Waals surface area contributed by atoms with Crippen molar-refractivity contribution in [2.45, 2.75) is 6.10 Å². The van der Waals surface area contributed by atoms with E-state index >= 15 is 0 Å². The van der Waals surface area contributed by atoms with Crippen LogP contribution in [-0.2, 0) is 0 Å². The Labute approximate surface area is 71.8 Å². The molecule has 1 heterocycles. The fourth-order valence-electron chi connectivity index (χ4n) is 0.619. The van der Waals surface area contributed by atoms with Gasteiger partial charge < -0.3 is 10.8 Å². The lowest BCUT2D eigenvalue weighted by Gasteiger charge is -2.01. The average Bonchev–Trinajstić information content (AvgIpc) is 2.34. The zero-order valence-electron chi connectivity index (χ0n) is 5.25. The maximum Gasteiger partial charge on any atom is 0.100 e. The first-order valence-electron chi connectivity index (χ1n) is 2.86. The summed E-state index contributed by atoms with van der Waals surface area (Å²) in [6.07, 6.45) is -0.503. The van der Waals surface area contributed by atoms with E-state index < -0.39 is 6.10 Å². The second-order valence-electron chi connectivity index (χ2n) is 1.92. The molecule has 0 amide bonds. The van der Waals surface area contributed by atoms with Gasteiger partial charge in [-0.15, -0.1) is 11.3 Å². The third kappa shape index (κ3) is 1.79. The number of hydrogen-bond acceptors (Lipinski definition) is 3. The fourth-order valence-corrected chi connectivity index (χ4v) is 2.06. The van der Waals surface area contributed by atoms with Crippen molar-refractivity contribution in [2.24, 2.45) is 5.73 Å². The molecule has 0 aliphatic rings. The van der Waals surface area contributed by atoms with Crippen LogP contribution >= 0.6 is 27.3 Å². The molecular formula is C6H8BrNOS. The van der Waals surface area contributed by atoms with Gasteiger partial charge in [0.1, 0.15) is 6.10 Å². The van der Waals surface area contributed by atoms with Crippen LogP contribution in [0.5, 0.6) is 0 Å². The van der Waals surface area contributed by atoms with Crippen molar-refractivity contribution >= 4 is 27.3 Å². The highest BCUT2D eigenvalue weighted by Gasteiger charge is 2.06. The number of rotatable bonds is 2. The third-order valence-electron chi connectivity index (χ3n) is 1.14. The lowest BCUT2D eigenvalue weighted by molar-refractivity contribution is 0.190. The zero-order chi connectivity index (χ0) is 7.56. The summed E-state index contributed by atoms with van der Waals surface area (Å²) in [5.41, 5.74) is 5.25. The molecule has 2 nitrogen and oxygen atoms in total. The van der Waals surface area contributed by atoms with E-state index in [0.717, 1.165) is 9.35 Å². The standard InChI is InChI=1S/C6H8BrNOS/c7-4-1-6(10-3-4)5(9)2-8/h1,3,5,9H,2,8H2/t5-/m0/s1. The summed E-state index contributed by atoms with van der Waals surface area (Å²) in [5.74, 6) is 0. The molecule has 0 saturated carbocycles. The first-order chi connectivity index (χ1) is 4.74. The number of hydrogen-bond donors (Lipinski definition) is 2. The van der Waals surface area contributed by atoms with Crippen molar-refractivity contribution < 1.29 is 5.11 Å². The van der Waals surface area contributed by atoms with Crippen LogP contribution < -0.4 is 5.73 Å². The van der Waals surface area contributed by atoms with Gasteiger partial charge in [-0.25, -0.2) is 0 Å². The number of aliphatic hydroxyl groups is 1. The summed E-state index contributed by atoms with van der Waals surface area (Å²) < 4.78 is 1.00. The topological polar surface area (TPSA) is 46.2 Å². The molecule has 4 heteroatoms. The van der Waals surface area contributed by atoms with Crippen molar-refractivity contribution in [1.29, 1.82) is 0 Å². The highest BCUT2D eigenvalue weighted by Crippen LogP contribution is 2.24. The van der Waals surface area contributed by atoms with E-state index in [1.165, 1.54) is 11.3 Å². The molecular weight excluding hydrogens is 214 g/mol. The van der Waals surface area contributed by atoms with Crippen LogP contribution in [0.4, 0.5) is 0 Å². The molecule has 0 saturated heterocycles. The zero-order valence-corrected chi connectivity index (χ0v) is 7.65. The van der Waals surface area contributed by atoms with Gasteiger partial charge >= 0.3 is 0 Å². The molecule has 10 heavy (non-hydrogen) atoms. The minimum Gasteiger partial charge on any atom is -0.386 e. The van der Waals surface area contributed by atoms with Crippen molar-refractivity contribution in [3.63, 3.8) is 0 Å².